The number of carbonyl (C=O) groups is 3. The third-order valence-electron chi connectivity index (χ3n) is 6.36. The van der Waals surface area contributed by atoms with Gasteiger partial charge in [0.15, 0.2) is 0 Å². The van der Waals surface area contributed by atoms with Crippen molar-refractivity contribution in [3.05, 3.63) is 106 Å². The number of aliphatic hydroxyl groups excluding tert-OH is 1. The lowest BCUT2D eigenvalue weighted by Crippen LogP contribution is -2.29. The lowest BCUT2D eigenvalue weighted by atomic mass is 9.92. The number of methoxy groups -OCH3 is 1. The second-order valence-corrected chi connectivity index (χ2v) is 8.62. The predicted octanol–water partition coefficient (Wildman–Crippen LogP) is 5.28. The Kier molecular flexibility index (Phi) is 6.56. The highest BCUT2D eigenvalue weighted by molar-refractivity contribution is 6.51. The van der Waals surface area contributed by atoms with E-state index in [1.54, 1.807) is 30.3 Å². The molecule has 0 saturated carbocycles. The van der Waals surface area contributed by atoms with E-state index >= 15 is 0 Å². The van der Waals surface area contributed by atoms with Crippen LogP contribution in [0.15, 0.2) is 72.3 Å². The number of hydrogen-bond acceptors (Lipinski definition) is 5. The molecule has 3 aromatic rings. The fourth-order valence-electron chi connectivity index (χ4n) is 4.36. The van der Waals surface area contributed by atoms with Crippen molar-refractivity contribution in [3.8, 4) is 0 Å². The van der Waals surface area contributed by atoms with Crippen LogP contribution in [0.2, 0.25) is 0 Å². The summed E-state index contributed by atoms with van der Waals surface area (Å²) in [6.07, 6.45) is 0.845. The van der Waals surface area contributed by atoms with Gasteiger partial charge in [0.05, 0.1) is 24.3 Å². The summed E-state index contributed by atoms with van der Waals surface area (Å²) < 4.78 is 4.76. The summed E-state index contributed by atoms with van der Waals surface area (Å²) in [5.41, 5.74) is 4.84. The number of carbonyl (C=O) groups excluding carboxylic acids is 3. The second-order valence-electron chi connectivity index (χ2n) is 8.62. The van der Waals surface area contributed by atoms with Crippen molar-refractivity contribution < 1.29 is 24.2 Å². The van der Waals surface area contributed by atoms with Gasteiger partial charge >= 0.3 is 5.97 Å². The van der Waals surface area contributed by atoms with Crippen LogP contribution in [0.4, 0.5) is 5.69 Å². The number of benzene rings is 3. The molecular formula is C29H27NO5. The van der Waals surface area contributed by atoms with Gasteiger partial charge in [-0.1, -0.05) is 48.9 Å². The summed E-state index contributed by atoms with van der Waals surface area (Å²) in [5, 5.41) is 11.4. The molecule has 0 radical (unpaired) electrons. The van der Waals surface area contributed by atoms with E-state index in [9.17, 15) is 19.5 Å². The van der Waals surface area contributed by atoms with E-state index in [1.807, 2.05) is 57.2 Å². The number of ether oxygens (including phenoxy) is 1. The van der Waals surface area contributed by atoms with Gasteiger partial charge in [-0.05, 0) is 67.3 Å². The number of aliphatic hydroxyl groups is 1. The highest BCUT2D eigenvalue weighted by Gasteiger charge is 2.47. The van der Waals surface area contributed by atoms with E-state index in [0.717, 1.165) is 23.1 Å². The van der Waals surface area contributed by atoms with Crippen LogP contribution in [-0.2, 0) is 20.7 Å². The van der Waals surface area contributed by atoms with Crippen molar-refractivity contribution in [2.45, 2.75) is 33.2 Å². The molecule has 0 aromatic heterocycles. The zero-order valence-corrected chi connectivity index (χ0v) is 20.2. The first-order valence-electron chi connectivity index (χ1n) is 11.4. The molecule has 1 unspecified atom stereocenters. The van der Waals surface area contributed by atoms with Crippen LogP contribution < -0.4 is 4.90 Å². The maximum Gasteiger partial charge on any atom is 0.337 e. The molecule has 1 aliphatic rings. The maximum absolute atomic E-state index is 13.3. The van der Waals surface area contributed by atoms with Crippen LogP contribution in [0.5, 0.6) is 0 Å². The molecular weight excluding hydrogens is 442 g/mol. The lowest BCUT2D eigenvalue weighted by molar-refractivity contribution is -0.132. The predicted molar refractivity (Wildman–Crippen MR) is 134 cm³/mol. The number of aryl methyl sites for hydroxylation is 3. The topological polar surface area (TPSA) is 83.9 Å². The van der Waals surface area contributed by atoms with Gasteiger partial charge in [0, 0.05) is 11.3 Å². The Morgan fingerprint density at radius 1 is 0.971 bits per heavy atom. The molecule has 0 bridgehead atoms. The Bertz CT molecular complexity index is 1340. The van der Waals surface area contributed by atoms with Gasteiger partial charge < -0.3 is 9.84 Å². The van der Waals surface area contributed by atoms with Crippen molar-refractivity contribution in [2.24, 2.45) is 0 Å². The standard InChI is InChI=1S/C29H27NO5/c1-5-19-8-10-20(11-9-19)25-24(26(31)23-16-17(2)6-7-18(23)3)27(32)28(33)30(25)22-14-12-21(13-15-22)29(34)35-4/h6-16,25,31H,5H2,1-4H3/b26-24+. The molecule has 4 rings (SSSR count). The Morgan fingerprint density at radius 2 is 1.63 bits per heavy atom. The second kappa shape index (κ2) is 9.58. The van der Waals surface area contributed by atoms with E-state index in [-0.39, 0.29) is 11.3 Å². The molecule has 0 spiro atoms. The average molecular weight is 470 g/mol. The molecule has 3 aromatic carbocycles. The first-order valence-corrected chi connectivity index (χ1v) is 11.4. The number of Topliss-reactive ketones (excluding diaryl/α,β-unsaturated/α-hetero) is 1. The fraction of sp³-hybridized carbons (Fsp3) is 0.207. The number of rotatable bonds is 5. The van der Waals surface area contributed by atoms with Crippen LogP contribution in [0, 0.1) is 13.8 Å². The van der Waals surface area contributed by atoms with Gasteiger partial charge in [-0.2, -0.15) is 0 Å². The molecule has 1 heterocycles. The molecule has 1 N–H and O–H groups in total. The fourth-order valence-corrected chi connectivity index (χ4v) is 4.36. The average Bonchev–Trinajstić information content (AvgIpc) is 3.14. The summed E-state index contributed by atoms with van der Waals surface area (Å²) >= 11 is 0. The third-order valence-corrected chi connectivity index (χ3v) is 6.36. The minimum absolute atomic E-state index is 0.0324. The minimum Gasteiger partial charge on any atom is -0.507 e. The van der Waals surface area contributed by atoms with Gasteiger partial charge in [-0.15, -0.1) is 0 Å². The van der Waals surface area contributed by atoms with E-state index < -0.39 is 23.7 Å². The molecule has 178 valence electrons. The number of ketones is 1. The summed E-state index contributed by atoms with van der Waals surface area (Å²) in [6.45, 7) is 5.80. The summed E-state index contributed by atoms with van der Waals surface area (Å²) in [7, 11) is 1.29. The number of hydrogen-bond donors (Lipinski definition) is 1. The molecule has 1 saturated heterocycles. The van der Waals surface area contributed by atoms with Crippen LogP contribution in [0.25, 0.3) is 5.76 Å². The number of nitrogens with zero attached hydrogens (tertiary/aromatic N) is 1. The summed E-state index contributed by atoms with van der Waals surface area (Å²) in [4.78, 5) is 39.9. The monoisotopic (exact) mass is 469 g/mol. The smallest absolute Gasteiger partial charge is 0.337 e. The zero-order valence-electron chi connectivity index (χ0n) is 20.2. The lowest BCUT2D eigenvalue weighted by Gasteiger charge is -2.26. The van der Waals surface area contributed by atoms with Gasteiger partial charge in [-0.25, -0.2) is 4.79 Å². The number of amides is 1. The van der Waals surface area contributed by atoms with Crippen molar-refractivity contribution in [1.29, 1.82) is 0 Å². The van der Waals surface area contributed by atoms with E-state index in [0.29, 0.717) is 22.4 Å². The van der Waals surface area contributed by atoms with Crippen molar-refractivity contribution in [2.75, 3.05) is 12.0 Å². The molecule has 6 nitrogen and oxygen atoms in total. The van der Waals surface area contributed by atoms with Crippen molar-refractivity contribution in [3.63, 3.8) is 0 Å². The van der Waals surface area contributed by atoms with Crippen molar-refractivity contribution >= 4 is 29.1 Å². The van der Waals surface area contributed by atoms with Crippen LogP contribution in [0.1, 0.15) is 51.1 Å². The first-order chi connectivity index (χ1) is 16.8. The number of anilines is 1. The summed E-state index contributed by atoms with van der Waals surface area (Å²) in [5.74, 6) is -2.21. The van der Waals surface area contributed by atoms with E-state index in [2.05, 4.69) is 0 Å². The Labute approximate surface area is 204 Å². The Balaban J connectivity index is 1.92. The van der Waals surface area contributed by atoms with Crippen molar-refractivity contribution in [1.82, 2.24) is 0 Å². The minimum atomic E-state index is -0.829. The Hall–Kier alpha value is -4.19. The molecule has 1 atom stereocenters. The highest BCUT2D eigenvalue weighted by Crippen LogP contribution is 2.42. The summed E-state index contributed by atoms with van der Waals surface area (Å²) in [6, 6.07) is 18.7. The SMILES string of the molecule is CCc1ccc(C2/C(=C(\O)c3cc(C)ccc3C)C(=O)C(=O)N2c2ccc(C(=O)OC)cc2)cc1. The molecule has 1 aliphatic heterocycles. The molecule has 1 fully saturated rings. The molecule has 1 amide bonds. The normalized spacial score (nSPS) is 17.0. The highest BCUT2D eigenvalue weighted by atomic mass is 16.5. The number of esters is 1. The van der Waals surface area contributed by atoms with Crippen LogP contribution in [0.3, 0.4) is 0 Å². The van der Waals surface area contributed by atoms with Crippen LogP contribution in [-0.4, -0.2) is 29.9 Å². The van der Waals surface area contributed by atoms with E-state index in [1.165, 1.54) is 12.0 Å². The largest absolute Gasteiger partial charge is 0.507 e. The quantitative estimate of drug-likeness (QED) is 0.238. The third kappa shape index (κ3) is 4.35. The van der Waals surface area contributed by atoms with Gasteiger partial charge in [0.1, 0.15) is 5.76 Å². The maximum atomic E-state index is 13.3. The molecule has 35 heavy (non-hydrogen) atoms. The molecule has 6 heteroatoms. The van der Waals surface area contributed by atoms with Gasteiger partial charge in [0.25, 0.3) is 11.7 Å². The van der Waals surface area contributed by atoms with Gasteiger partial charge in [0.2, 0.25) is 0 Å². The van der Waals surface area contributed by atoms with E-state index in [4.69, 9.17) is 4.74 Å². The Morgan fingerprint density at radius 3 is 2.23 bits per heavy atom. The molecule has 0 aliphatic carbocycles. The van der Waals surface area contributed by atoms with Crippen LogP contribution >= 0.6 is 0 Å². The first kappa shape index (κ1) is 24.0. The zero-order chi connectivity index (χ0) is 25.3. The van der Waals surface area contributed by atoms with Gasteiger partial charge in [-0.3, -0.25) is 14.5 Å².